The number of carboxylic acids is 1. The first kappa shape index (κ1) is 14.9. The zero-order valence-electron chi connectivity index (χ0n) is 10.4. The third-order valence-electron chi connectivity index (χ3n) is 2.59. The zero-order valence-corrected chi connectivity index (χ0v) is 12.0. The minimum atomic E-state index is -4.07. The van der Waals surface area contributed by atoms with E-state index in [1.807, 2.05) is 4.72 Å². The first-order valence-corrected chi connectivity index (χ1v) is 7.51. The first-order chi connectivity index (χ1) is 9.31. The van der Waals surface area contributed by atoms with Gasteiger partial charge in [0.2, 0.25) is 10.0 Å². The molecule has 7 nitrogen and oxygen atoms in total. The van der Waals surface area contributed by atoms with Gasteiger partial charge in [-0.2, -0.15) is 4.72 Å². The summed E-state index contributed by atoms with van der Waals surface area (Å²) in [5.74, 6) is -0.683. The summed E-state index contributed by atoms with van der Waals surface area (Å²) < 4.78 is 36.8. The van der Waals surface area contributed by atoms with E-state index in [0.29, 0.717) is 19.0 Å². The number of halogens is 1. The summed E-state index contributed by atoms with van der Waals surface area (Å²) in [6.07, 6.45) is 0. The minimum Gasteiger partial charge on any atom is -0.486 e. The number of ether oxygens (including phenoxy) is 2. The van der Waals surface area contributed by atoms with Crippen LogP contribution in [-0.2, 0) is 14.8 Å². The number of carbonyl (C=O) groups is 1. The molecule has 1 aromatic rings. The lowest BCUT2D eigenvalue weighted by molar-refractivity contribution is -0.138. The lowest BCUT2D eigenvalue weighted by Gasteiger charge is -2.20. The van der Waals surface area contributed by atoms with Crippen molar-refractivity contribution in [1.82, 2.24) is 4.72 Å². The molecule has 0 spiro atoms. The number of hydrogen-bond donors (Lipinski definition) is 2. The molecule has 1 aliphatic rings. The van der Waals surface area contributed by atoms with Crippen molar-refractivity contribution in [2.45, 2.75) is 17.9 Å². The molecular weight excluding hydrogens is 310 g/mol. The minimum absolute atomic E-state index is 0.0701. The van der Waals surface area contributed by atoms with E-state index in [2.05, 4.69) is 0 Å². The van der Waals surface area contributed by atoms with Gasteiger partial charge in [-0.1, -0.05) is 11.6 Å². The number of hydrogen-bond acceptors (Lipinski definition) is 5. The Morgan fingerprint density at radius 2 is 1.90 bits per heavy atom. The molecule has 1 aromatic carbocycles. The van der Waals surface area contributed by atoms with Crippen LogP contribution in [0.5, 0.6) is 11.5 Å². The highest BCUT2D eigenvalue weighted by molar-refractivity contribution is 7.89. The standard InChI is InChI=1S/C11H12ClNO6S/c1-6(11(14)15)13-20(16,17)10-5-9-8(4-7(10)12)18-2-3-19-9/h4-6,13H,2-3H2,1H3,(H,14,15)/t6-/m0/s1. The molecular formula is C11H12ClNO6S. The van der Waals surface area contributed by atoms with Crippen molar-refractivity contribution < 1.29 is 27.8 Å². The molecule has 0 unspecified atom stereocenters. The van der Waals surface area contributed by atoms with Crippen molar-refractivity contribution >= 4 is 27.6 Å². The Bertz CT molecular complexity index is 645. The fourth-order valence-electron chi connectivity index (χ4n) is 1.60. The summed E-state index contributed by atoms with van der Waals surface area (Å²) in [6, 6.07) is 1.27. The van der Waals surface area contributed by atoms with Crippen LogP contribution in [0.1, 0.15) is 6.92 Å². The smallest absolute Gasteiger partial charge is 0.321 e. The molecule has 0 amide bonds. The molecule has 2 N–H and O–H groups in total. The second kappa shape index (κ2) is 5.47. The fourth-order valence-corrected chi connectivity index (χ4v) is 3.33. The molecule has 0 radical (unpaired) electrons. The zero-order chi connectivity index (χ0) is 14.9. The SMILES string of the molecule is C[C@H](NS(=O)(=O)c1cc2c(cc1Cl)OCCO2)C(=O)O. The maximum Gasteiger partial charge on any atom is 0.321 e. The van der Waals surface area contributed by atoms with Gasteiger partial charge >= 0.3 is 5.97 Å². The summed E-state index contributed by atoms with van der Waals surface area (Å²) in [5, 5.41) is 8.68. The Hall–Kier alpha value is -1.51. The molecule has 110 valence electrons. The molecule has 0 fully saturated rings. The second-order valence-corrected chi connectivity index (χ2v) is 6.20. The Balaban J connectivity index is 2.39. The number of aliphatic carboxylic acids is 1. The van der Waals surface area contributed by atoms with Gasteiger partial charge < -0.3 is 14.6 Å². The van der Waals surface area contributed by atoms with Crippen molar-refractivity contribution in [3.63, 3.8) is 0 Å². The van der Waals surface area contributed by atoms with Gasteiger partial charge in [0.1, 0.15) is 24.2 Å². The Labute approximate surface area is 120 Å². The third kappa shape index (κ3) is 2.97. The van der Waals surface area contributed by atoms with Gasteiger partial charge in [-0.25, -0.2) is 8.42 Å². The summed E-state index contributed by atoms with van der Waals surface area (Å²) >= 11 is 5.91. The quantitative estimate of drug-likeness (QED) is 0.853. The van der Waals surface area contributed by atoms with Crippen LogP contribution in [0.2, 0.25) is 5.02 Å². The number of nitrogens with one attached hydrogen (secondary N) is 1. The normalized spacial score (nSPS) is 15.7. The summed E-state index contributed by atoms with van der Waals surface area (Å²) in [6.45, 7) is 1.86. The lowest BCUT2D eigenvalue weighted by Crippen LogP contribution is -2.38. The molecule has 0 saturated heterocycles. The molecule has 1 aliphatic heterocycles. The van der Waals surface area contributed by atoms with Gasteiger partial charge in [-0.15, -0.1) is 0 Å². The second-order valence-electron chi connectivity index (χ2n) is 4.11. The highest BCUT2D eigenvalue weighted by Gasteiger charge is 2.26. The van der Waals surface area contributed by atoms with Crippen LogP contribution >= 0.6 is 11.6 Å². The number of rotatable bonds is 4. The average Bonchev–Trinajstić information content (AvgIpc) is 2.37. The largest absolute Gasteiger partial charge is 0.486 e. The lowest BCUT2D eigenvalue weighted by atomic mass is 10.3. The molecule has 2 rings (SSSR count). The predicted molar refractivity (Wildman–Crippen MR) is 69.9 cm³/mol. The third-order valence-corrected chi connectivity index (χ3v) is 4.59. The molecule has 0 aliphatic carbocycles. The van der Waals surface area contributed by atoms with Gasteiger partial charge in [-0.05, 0) is 6.92 Å². The van der Waals surface area contributed by atoms with Gasteiger partial charge in [0.15, 0.2) is 11.5 Å². The summed E-state index contributed by atoms with van der Waals surface area (Å²) in [4.78, 5) is 10.5. The molecule has 0 aromatic heterocycles. The molecule has 1 heterocycles. The van der Waals surface area contributed by atoms with Crippen LogP contribution in [0.3, 0.4) is 0 Å². The monoisotopic (exact) mass is 321 g/mol. The summed E-state index contributed by atoms with van der Waals surface area (Å²) in [5.41, 5.74) is 0. The van der Waals surface area contributed by atoms with E-state index < -0.39 is 22.0 Å². The molecule has 1 atom stereocenters. The number of benzene rings is 1. The van der Waals surface area contributed by atoms with E-state index in [4.69, 9.17) is 26.2 Å². The van der Waals surface area contributed by atoms with Crippen LogP contribution in [0, 0.1) is 0 Å². The van der Waals surface area contributed by atoms with E-state index in [-0.39, 0.29) is 15.7 Å². The van der Waals surface area contributed by atoms with Crippen LogP contribution < -0.4 is 14.2 Å². The van der Waals surface area contributed by atoms with Gasteiger partial charge in [0, 0.05) is 12.1 Å². The van der Waals surface area contributed by atoms with Gasteiger partial charge in [0.05, 0.1) is 5.02 Å². The first-order valence-electron chi connectivity index (χ1n) is 5.65. The Kier molecular flexibility index (Phi) is 4.07. The topological polar surface area (TPSA) is 102 Å². The molecule has 0 bridgehead atoms. The van der Waals surface area contributed by atoms with Crippen molar-refractivity contribution in [2.24, 2.45) is 0 Å². The molecule has 9 heteroatoms. The highest BCUT2D eigenvalue weighted by Crippen LogP contribution is 2.37. The van der Waals surface area contributed by atoms with E-state index in [1.165, 1.54) is 19.1 Å². The van der Waals surface area contributed by atoms with Crippen molar-refractivity contribution in [1.29, 1.82) is 0 Å². The maximum absolute atomic E-state index is 12.1. The maximum atomic E-state index is 12.1. The van der Waals surface area contributed by atoms with Crippen LogP contribution in [0.15, 0.2) is 17.0 Å². The number of fused-ring (bicyclic) bond motifs is 1. The van der Waals surface area contributed by atoms with Gasteiger partial charge in [-0.3, -0.25) is 4.79 Å². The van der Waals surface area contributed by atoms with Gasteiger partial charge in [0.25, 0.3) is 0 Å². The molecule has 20 heavy (non-hydrogen) atoms. The molecule has 0 saturated carbocycles. The van der Waals surface area contributed by atoms with Crippen molar-refractivity contribution in [3.05, 3.63) is 17.2 Å². The fraction of sp³-hybridized carbons (Fsp3) is 0.364. The van der Waals surface area contributed by atoms with Crippen LogP contribution in [0.4, 0.5) is 0 Å². The predicted octanol–water partition coefficient (Wildman–Crippen LogP) is 0.863. The average molecular weight is 322 g/mol. The van der Waals surface area contributed by atoms with Crippen molar-refractivity contribution in [3.8, 4) is 11.5 Å². The Morgan fingerprint density at radius 3 is 2.45 bits per heavy atom. The van der Waals surface area contributed by atoms with E-state index >= 15 is 0 Å². The summed E-state index contributed by atoms with van der Waals surface area (Å²) in [7, 11) is -4.07. The number of carboxylic acid groups (broad SMARTS) is 1. The van der Waals surface area contributed by atoms with Crippen molar-refractivity contribution in [2.75, 3.05) is 13.2 Å². The number of sulfonamides is 1. The van der Waals surface area contributed by atoms with Crippen LogP contribution in [0.25, 0.3) is 0 Å². The van der Waals surface area contributed by atoms with E-state index in [1.54, 1.807) is 0 Å². The van der Waals surface area contributed by atoms with E-state index in [9.17, 15) is 13.2 Å². The highest BCUT2D eigenvalue weighted by atomic mass is 35.5. The van der Waals surface area contributed by atoms with Crippen LogP contribution in [-0.4, -0.2) is 38.7 Å². The van der Waals surface area contributed by atoms with E-state index in [0.717, 1.165) is 0 Å². The Morgan fingerprint density at radius 1 is 1.35 bits per heavy atom.